The molecule has 1 unspecified atom stereocenters. The van der Waals surface area contributed by atoms with Gasteiger partial charge in [0.25, 0.3) is 0 Å². The first-order valence-corrected chi connectivity index (χ1v) is 5.97. The van der Waals surface area contributed by atoms with Crippen LogP contribution in [0.3, 0.4) is 0 Å². The maximum Gasteiger partial charge on any atom is 0.120 e. The van der Waals surface area contributed by atoms with Crippen LogP contribution in [0.5, 0.6) is 0 Å². The van der Waals surface area contributed by atoms with Gasteiger partial charge in [0.1, 0.15) is 5.76 Å². The number of nitrogens with one attached hydrogen (secondary N) is 1. The Bertz CT molecular complexity index is 549. The Morgan fingerprint density at radius 2 is 2.00 bits per heavy atom. The van der Waals surface area contributed by atoms with Crippen molar-refractivity contribution in [2.75, 3.05) is 0 Å². The number of hydrogen-bond donors (Lipinski definition) is 1. The number of nitriles is 1. The van der Waals surface area contributed by atoms with Crippen LogP contribution in [0.4, 0.5) is 0 Å². The zero-order valence-corrected chi connectivity index (χ0v) is 10.6. The third-order valence-corrected chi connectivity index (χ3v) is 3.08. The molecular weight excluding hydrogens is 224 g/mol. The van der Waals surface area contributed by atoms with E-state index in [4.69, 9.17) is 9.68 Å². The van der Waals surface area contributed by atoms with Crippen LogP contribution in [-0.2, 0) is 6.54 Å². The predicted octanol–water partition coefficient (Wildman–Crippen LogP) is 3.31. The molecule has 0 saturated heterocycles. The molecule has 18 heavy (non-hydrogen) atoms. The summed E-state index contributed by atoms with van der Waals surface area (Å²) >= 11 is 0. The number of benzene rings is 1. The van der Waals surface area contributed by atoms with Gasteiger partial charge in [-0.05, 0) is 43.2 Å². The highest BCUT2D eigenvalue weighted by atomic mass is 16.3. The second-order valence-electron chi connectivity index (χ2n) is 4.36. The average molecular weight is 240 g/mol. The van der Waals surface area contributed by atoms with Crippen LogP contribution in [0, 0.1) is 18.3 Å². The van der Waals surface area contributed by atoms with Crippen LogP contribution in [-0.4, -0.2) is 0 Å². The van der Waals surface area contributed by atoms with Gasteiger partial charge in [0.15, 0.2) is 0 Å². The van der Waals surface area contributed by atoms with E-state index < -0.39 is 0 Å². The molecule has 0 spiro atoms. The molecule has 0 amide bonds. The van der Waals surface area contributed by atoms with Gasteiger partial charge in [0.05, 0.1) is 24.4 Å². The summed E-state index contributed by atoms with van der Waals surface area (Å²) in [4.78, 5) is 0. The fraction of sp³-hybridized carbons (Fsp3) is 0.267. The van der Waals surface area contributed by atoms with E-state index in [1.165, 1.54) is 5.56 Å². The van der Waals surface area contributed by atoms with Crippen LogP contribution < -0.4 is 5.32 Å². The van der Waals surface area contributed by atoms with Crippen molar-refractivity contribution < 1.29 is 4.42 Å². The summed E-state index contributed by atoms with van der Waals surface area (Å²) in [7, 11) is 0. The summed E-state index contributed by atoms with van der Waals surface area (Å²) in [6.07, 6.45) is 1.71. The standard InChI is InChI=1S/C15H16N2O/c1-11-7-8-18-15(11)10-17-12(2)14-5-3-13(9-16)4-6-14/h3-8,12,17H,10H2,1-2H3. The second-order valence-corrected chi connectivity index (χ2v) is 4.36. The van der Waals surface area contributed by atoms with Crippen LogP contribution in [0.1, 0.15) is 35.4 Å². The topological polar surface area (TPSA) is 49.0 Å². The minimum absolute atomic E-state index is 0.224. The molecule has 1 heterocycles. The van der Waals surface area contributed by atoms with Crippen LogP contribution in [0.2, 0.25) is 0 Å². The Morgan fingerprint density at radius 1 is 1.28 bits per heavy atom. The zero-order chi connectivity index (χ0) is 13.0. The lowest BCUT2D eigenvalue weighted by Gasteiger charge is -2.13. The molecular formula is C15H16N2O. The Morgan fingerprint density at radius 3 is 2.56 bits per heavy atom. The quantitative estimate of drug-likeness (QED) is 0.891. The molecule has 1 aromatic heterocycles. The van der Waals surface area contributed by atoms with E-state index in [1.54, 1.807) is 6.26 Å². The Labute approximate surface area is 107 Å². The molecule has 0 radical (unpaired) electrons. The van der Waals surface area contributed by atoms with E-state index >= 15 is 0 Å². The smallest absolute Gasteiger partial charge is 0.120 e. The van der Waals surface area contributed by atoms with Gasteiger partial charge in [0.2, 0.25) is 0 Å². The first-order valence-electron chi connectivity index (χ1n) is 5.97. The fourth-order valence-corrected chi connectivity index (χ4v) is 1.80. The van der Waals surface area contributed by atoms with E-state index in [9.17, 15) is 0 Å². The lowest BCUT2D eigenvalue weighted by atomic mass is 10.1. The molecule has 3 nitrogen and oxygen atoms in total. The van der Waals surface area contributed by atoms with Gasteiger partial charge in [0, 0.05) is 6.04 Å². The number of furan rings is 1. The molecule has 92 valence electrons. The summed E-state index contributed by atoms with van der Waals surface area (Å²) in [5, 5.41) is 12.2. The van der Waals surface area contributed by atoms with Crippen molar-refractivity contribution in [3.05, 3.63) is 59.0 Å². The maximum atomic E-state index is 8.75. The molecule has 0 bridgehead atoms. The van der Waals surface area contributed by atoms with Crippen molar-refractivity contribution in [2.24, 2.45) is 0 Å². The monoisotopic (exact) mass is 240 g/mol. The summed E-state index contributed by atoms with van der Waals surface area (Å²) in [5.41, 5.74) is 3.01. The van der Waals surface area contributed by atoms with Crippen LogP contribution in [0.25, 0.3) is 0 Å². The lowest BCUT2D eigenvalue weighted by Crippen LogP contribution is -2.18. The Balaban J connectivity index is 1.97. The third-order valence-electron chi connectivity index (χ3n) is 3.08. The number of nitrogens with zero attached hydrogens (tertiary/aromatic N) is 1. The van der Waals surface area contributed by atoms with Crippen molar-refractivity contribution in [1.29, 1.82) is 5.26 Å². The minimum atomic E-state index is 0.224. The first-order chi connectivity index (χ1) is 8.70. The van der Waals surface area contributed by atoms with Gasteiger partial charge >= 0.3 is 0 Å². The lowest BCUT2D eigenvalue weighted by molar-refractivity contribution is 0.458. The van der Waals surface area contributed by atoms with Crippen molar-refractivity contribution >= 4 is 0 Å². The van der Waals surface area contributed by atoms with E-state index in [-0.39, 0.29) is 6.04 Å². The van der Waals surface area contributed by atoms with Gasteiger partial charge < -0.3 is 9.73 Å². The Kier molecular flexibility index (Phi) is 3.81. The third kappa shape index (κ3) is 2.79. The molecule has 0 aliphatic rings. The molecule has 0 saturated carbocycles. The normalized spacial score (nSPS) is 12.1. The fourth-order valence-electron chi connectivity index (χ4n) is 1.80. The largest absolute Gasteiger partial charge is 0.468 e. The summed E-state index contributed by atoms with van der Waals surface area (Å²) < 4.78 is 5.38. The molecule has 0 aliphatic carbocycles. The number of rotatable bonds is 4. The predicted molar refractivity (Wildman–Crippen MR) is 69.9 cm³/mol. The van der Waals surface area contributed by atoms with Gasteiger partial charge in [-0.3, -0.25) is 0 Å². The molecule has 1 aromatic carbocycles. The second kappa shape index (κ2) is 5.52. The molecule has 0 aliphatic heterocycles. The minimum Gasteiger partial charge on any atom is -0.468 e. The molecule has 2 rings (SSSR count). The molecule has 0 fully saturated rings. The van der Waals surface area contributed by atoms with Crippen molar-refractivity contribution in [3.8, 4) is 6.07 Å². The molecule has 1 N–H and O–H groups in total. The van der Waals surface area contributed by atoms with E-state index in [1.807, 2.05) is 37.3 Å². The zero-order valence-electron chi connectivity index (χ0n) is 10.6. The summed E-state index contributed by atoms with van der Waals surface area (Å²) in [5.74, 6) is 0.968. The highest BCUT2D eigenvalue weighted by Gasteiger charge is 2.07. The molecule has 3 heteroatoms. The average Bonchev–Trinajstić information content (AvgIpc) is 2.81. The van der Waals surface area contributed by atoms with Gasteiger partial charge in [-0.25, -0.2) is 0 Å². The van der Waals surface area contributed by atoms with Crippen LogP contribution in [0.15, 0.2) is 41.0 Å². The first kappa shape index (κ1) is 12.4. The van der Waals surface area contributed by atoms with E-state index in [0.29, 0.717) is 12.1 Å². The highest BCUT2D eigenvalue weighted by Crippen LogP contribution is 2.15. The maximum absolute atomic E-state index is 8.75. The van der Waals surface area contributed by atoms with Crippen molar-refractivity contribution in [2.45, 2.75) is 26.4 Å². The van der Waals surface area contributed by atoms with Crippen molar-refractivity contribution in [1.82, 2.24) is 5.32 Å². The molecule has 1 atom stereocenters. The highest BCUT2D eigenvalue weighted by molar-refractivity contribution is 5.32. The summed E-state index contributed by atoms with van der Waals surface area (Å²) in [6.45, 7) is 4.84. The SMILES string of the molecule is Cc1ccoc1CNC(C)c1ccc(C#N)cc1. The Hall–Kier alpha value is -2.05. The van der Waals surface area contributed by atoms with E-state index in [0.717, 1.165) is 11.3 Å². The van der Waals surface area contributed by atoms with Gasteiger partial charge in [-0.15, -0.1) is 0 Å². The van der Waals surface area contributed by atoms with Gasteiger partial charge in [-0.1, -0.05) is 12.1 Å². The van der Waals surface area contributed by atoms with Gasteiger partial charge in [-0.2, -0.15) is 5.26 Å². The van der Waals surface area contributed by atoms with E-state index in [2.05, 4.69) is 18.3 Å². The molecule has 2 aromatic rings. The number of aryl methyl sites for hydroxylation is 1. The van der Waals surface area contributed by atoms with Crippen molar-refractivity contribution in [3.63, 3.8) is 0 Å². The summed E-state index contributed by atoms with van der Waals surface area (Å²) in [6, 6.07) is 11.9. The number of hydrogen-bond acceptors (Lipinski definition) is 3. The van der Waals surface area contributed by atoms with Crippen LogP contribution >= 0.6 is 0 Å².